The summed E-state index contributed by atoms with van der Waals surface area (Å²) in [5, 5.41) is 6.70. The van der Waals surface area contributed by atoms with Gasteiger partial charge in [-0.1, -0.05) is 65.8 Å². The number of hydrogen-bond donors (Lipinski definition) is 1. The zero-order valence-electron chi connectivity index (χ0n) is 17.3. The molecule has 0 radical (unpaired) electrons. The highest BCUT2D eigenvalue weighted by molar-refractivity contribution is 6.27. The predicted octanol–water partition coefficient (Wildman–Crippen LogP) is 4.18. The number of hydrogen-bond acceptors (Lipinski definition) is 6. The van der Waals surface area contributed by atoms with Crippen LogP contribution in [0.5, 0.6) is 0 Å². The van der Waals surface area contributed by atoms with Crippen LogP contribution in [-0.2, 0) is 0 Å². The van der Waals surface area contributed by atoms with E-state index in [-0.39, 0.29) is 34.0 Å². The van der Waals surface area contributed by atoms with E-state index in [1.807, 2.05) is 60.7 Å². The molecule has 0 bridgehead atoms. The molecule has 158 valence electrons. The van der Waals surface area contributed by atoms with Crippen LogP contribution >= 0.6 is 0 Å². The molecule has 0 spiro atoms. The van der Waals surface area contributed by atoms with E-state index in [1.54, 1.807) is 13.8 Å². The minimum Gasteiger partial charge on any atom is -0.446 e. The average Bonchev–Trinajstić information content (AvgIpc) is 3.38. The van der Waals surface area contributed by atoms with Crippen LogP contribution in [-0.4, -0.2) is 22.6 Å². The van der Waals surface area contributed by atoms with Crippen molar-refractivity contribution >= 4 is 17.5 Å². The molecule has 2 aromatic carbocycles. The Morgan fingerprint density at radius 1 is 0.844 bits per heavy atom. The van der Waals surface area contributed by atoms with Crippen molar-refractivity contribution in [2.75, 3.05) is 0 Å². The summed E-state index contributed by atoms with van der Waals surface area (Å²) in [5.74, 6) is -1.92. The van der Waals surface area contributed by atoms with Crippen molar-refractivity contribution < 1.29 is 23.3 Å². The van der Waals surface area contributed by atoms with Gasteiger partial charge in [-0.3, -0.25) is 14.4 Å². The number of amides is 1. The third-order valence-corrected chi connectivity index (χ3v) is 5.62. The first-order valence-corrected chi connectivity index (χ1v) is 10.1. The number of rotatable bonds is 4. The highest BCUT2D eigenvalue weighted by Gasteiger charge is 2.41. The van der Waals surface area contributed by atoms with Gasteiger partial charge in [0.15, 0.2) is 11.5 Å². The minimum absolute atomic E-state index is 0.0415. The van der Waals surface area contributed by atoms with Crippen molar-refractivity contribution in [3.63, 3.8) is 0 Å². The van der Waals surface area contributed by atoms with Gasteiger partial charge in [-0.2, -0.15) is 0 Å². The van der Waals surface area contributed by atoms with Crippen molar-refractivity contribution in [3.8, 4) is 0 Å². The molecule has 32 heavy (non-hydrogen) atoms. The third kappa shape index (κ3) is 2.98. The van der Waals surface area contributed by atoms with E-state index in [2.05, 4.69) is 10.5 Å². The molecule has 1 aliphatic rings. The second-order valence-electron chi connectivity index (χ2n) is 7.62. The zero-order chi connectivity index (χ0) is 22.4. The second kappa shape index (κ2) is 7.46. The number of benzene rings is 2. The summed E-state index contributed by atoms with van der Waals surface area (Å²) in [6, 6.07) is 18.6. The summed E-state index contributed by atoms with van der Waals surface area (Å²) in [6.45, 7) is 3.16. The number of carbonyl (C=O) groups is 3. The van der Waals surface area contributed by atoms with Gasteiger partial charge in [0.25, 0.3) is 5.91 Å². The first-order valence-electron chi connectivity index (χ1n) is 10.1. The molecule has 0 aliphatic heterocycles. The van der Waals surface area contributed by atoms with Crippen molar-refractivity contribution in [1.29, 1.82) is 0 Å². The van der Waals surface area contributed by atoms with E-state index in [0.717, 1.165) is 11.1 Å². The Morgan fingerprint density at radius 2 is 1.41 bits per heavy atom. The molecule has 2 heterocycles. The summed E-state index contributed by atoms with van der Waals surface area (Å²) in [5.41, 5.74) is 2.48. The summed E-state index contributed by atoms with van der Waals surface area (Å²) < 4.78 is 10.8. The van der Waals surface area contributed by atoms with Gasteiger partial charge in [-0.15, -0.1) is 0 Å². The van der Waals surface area contributed by atoms with Crippen molar-refractivity contribution in [1.82, 2.24) is 10.5 Å². The Labute approximate surface area is 183 Å². The van der Waals surface area contributed by atoms with Gasteiger partial charge < -0.3 is 14.3 Å². The number of fused-ring (bicyclic) bond motifs is 2. The second-order valence-corrected chi connectivity index (χ2v) is 7.62. The van der Waals surface area contributed by atoms with Crippen molar-refractivity contribution in [2.24, 2.45) is 0 Å². The fraction of sp³-hybridized carbons (Fsp3) is 0.120. The molecular formula is C25H18N2O5. The minimum atomic E-state index is -0.526. The lowest BCUT2D eigenvalue weighted by Gasteiger charge is -2.19. The molecule has 5 rings (SSSR count). The van der Waals surface area contributed by atoms with Crippen LogP contribution in [0, 0.1) is 13.8 Å². The largest absolute Gasteiger partial charge is 0.446 e. The van der Waals surface area contributed by atoms with Gasteiger partial charge in [-0.05, 0) is 25.0 Å². The lowest BCUT2D eigenvalue weighted by Crippen LogP contribution is -2.29. The molecule has 1 N–H and O–H groups in total. The smallest absolute Gasteiger partial charge is 0.288 e. The quantitative estimate of drug-likeness (QED) is 0.463. The fourth-order valence-electron chi connectivity index (χ4n) is 4.03. The fourth-order valence-corrected chi connectivity index (χ4v) is 4.03. The highest BCUT2D eigenvalue weighted by atomic mass is 16.5. The number of aromatic nitrogens is 1. The molecule has 0 atom stereocenters. The Bertz CT molecular complexity index is 1320. The van der Waals surface area contributed by atoms with E-state index >= 15 is 0 Å². The van der Waals surface area contributed by atoms with Crippen molar-refractivity contribution in [3.05, 3.63) is 111 Å². The van der Waals surface area contributed by atoms with E-state index in [9.17, 15) is 14.4 Å². The molecule has 7 nitrogen and oxygen atoms in total. The Balaban J connectivity index is 1.54. The summed E-state index contributed by atoms with van der Waals surface area (Å²) in [4.78, 5) is 39.1. The van der Waals surface area contributed by atoms with E-state index < -0.39 is 23.5 Å². The maximum absolute atomic E-state index is 13.3. The number of ketones is 2. The number of nitrogens with zero attached hydrogens (tertiary/aromatic N) is 1. The van der Waals surface area contributed by atoms with Gasteiger partial charge in [-0.25, -0.2) is 0 Å². The van der Waals surface area contributed by atoms with E-state index in [1.165, 1.54) is 0 Å². The predicted molar refractivity (Wildman–Crippen MR) is 114 cm³/mol. The van der Waals surface area contributed by atoms with Crippen LogP contribution in [0.3, 0.4) is 0 Å². The molecule has 1 aliphatic carbocycles. The first kappa shape index (κ1) is 19.7. The number of carbonyl (C=O) groups excluding carboxylic acids is 3. The lowest BCUT2D eigenvalue weighted by molar-refractivity contribution is 0.0901. The van der Waals surface area contributed by atoms with E-state index in [4.69, 9.17) is 8.94 Å². The van der Waals surface area contributed by atoms with Gasteiger partial charge in [0.1, 0.15) is 5.56 Å². The number of nitrogens with one attached hydrogen (secondary N) is 1. The van der Waals surface area contributed by atoms with Crippen LogP contribution in [0.25, 0.3) is 0 Å². The maximum atomic E-state index is 13.3. The van der Waals surface area contributed by atoms with Crippen LogP contribution < -0.4 is 5.32 Å². The molecule has 0 saturated heterocycles. The van der Waals surface area contributed by atoms with Gasteiger partial charge >= 0.3 is 0 Å². The Morgan fingerprint density at radius 3 is 2.00 bits per heavy atom. The molecule has 2 aromatic heterocycles. The average molecular weight is 426 g/mol. The standard InChI is InChI=1S/C25H18N2O5/c1-13-17-20(28)24-18(14(2)27-32-24)21(29)23(17)31-22(13)25(30)26-19(15-9-5-3-6-10-15)16-11-7-4-8-12-16/h3-12,19H,1-2H3,(H,26,30). The van der Waals surface area contributed by atoms with Crippen LogP contribution in [0.4, 0.5) is 0 Å². The molecule has 4 aromatic rings. The molecule has 0 unspecified atom stereocenters. The maximum Gasteiger partial charge on any atom is 0.288 e. The van der Waals surface area contributed by atoms with Gasteiger partial charge in [0, 0.05) is 5.56 Å². The Hall–Kier alpha value is -4.26. The lowest BCUT2D eigenvalue weighted by atomic mass is 9.90. The molecule has 7 heteroatoms. The summed E-state index contributed by atoms with van der Waals surface area (Å²) in [7, 11) is 0. The van der Waals surface area contributed by atoms with Crippen LogP contribution in [0.2, 0.25) is 0 Å². The number of aryl methyl sites for hydroxylation is 1. The first-order chi connectivity index (χ1) is 15.5. The van der Waals surface area contributed by atoms with E-state index in [0.29, 0.717) is 5.69 Å². The summed E-state index contributed by atoms with van der Waals surface area (Å²) >= 11 is 0. The monoisotopic (exact) mass is 426 g/mol. The molecule has 0 fully saturated rings. The summed E-state index contributed by atoms with van der Waals surface area (Å²) in [6.07, 6.45) is 0. The Kier molecular flexibility index (Phi) is 4.59. The zero-order valence-corrected chi connectivity index (χ0v) is 17.3. The molecular weight excluding hydrogens is 408 g/mol. The van der Waals surface area contributed by atoms with Gasteiger partial charge in [0.05, 0.1) is 17.3 Å². The van der Waals surface area contributed by atoms with Gasteiger partial charge in [0.2, 0.25) is 17.3 Å². The van der Waals surface area contributed by atoms with Crippen LogP contribution in [0.15, 0.2) is 69.6 Å². The topological polar surface area (TPSA) is 102 Å². The third-order valence-electron chi connectivity index (χ3n) is 5.62. The number of furan rings is 1. The van der Waals surface area contributed by atoms with Crippen molar-refractivity contribution in [2.45, 2.75) is 19.9 Å². The highest BCUT2D eigenvalue weighted by Crippen LogP contribution is 2.34. The van der Waals surface area contributed by atoms with Crippen LogP contribution in [0.1, 0.15) is 71.2 Å². The molecule has 1 amide bonds. The normalized spacial score (nSPS) is 12.6. The SMILES string of the molecule is Cc1noc2c1C(=O)c1oc(C(=O)NC(c3ccccc3)c3ccccc3)c(C)c1C2=O. The molecule has 0 saturated carbocycles.